The zero-order valence-corrected chi connectivity index (χ0v) is 9.06. The number of hydrogen-bond acceptors (Lipinski definition) is 2. The van der Waals surface area contributed by atoms with Crippen molar-refractivity contribution in [1.82, 2.24) is 9.55 Å². The Kier molecular flexibility index (Phi) is 2.14. The number of rotatable bonds is 1. The molecule has 1 saturated carbocycles. The highest BCUT2D eigenvalue weighted by atomic mass is 15.1. The summed E-state index contributed by atoms with van der Waals surface area (Å²) < 4.78 is 2.27. The number of benzene rings is 1. The van der Waals surface area contributed by atoms with Gasteiger partial charge in [-0.25, -0.2) is 4.98 Å². The van der Waals surface area contributed by atoms with Crippen LogP contribution in [0.3, 0.4) is 0 Å². The summed E-state index contributed by atoms with van der Waals surface area (Å²) in [5.74, 6) is 0. The van der Waals surface area contributed by atoms with E-state index in [0.717, 1.165) is 11.0 Å². The van der Waals surface area contributed by atoms with E-state index in [1.807, 2.05) is 24.5 Å². The van der Waals surface area contributed by atoms with Crippen molar-refractivity contribution in [3.8, 4) is 6.07 Å². The van der Waals surface area contributed by atoms with Gasteiger partial charge in [-0.05, 0) is 31.0 Å². The molecule has 1 fully saturated rings. The standard InChI is InChI=1S/C13H13N3/c14-8-10-5-6-13-12(7-10)15-9-16(13)11-3-1-2-4-11/h5-7,9,11H,1-4H2. The van der Waals surface area contributed by atoms with Crippen LogP contribution in [0.25, 0.3) is 11.0 Å². The van der Waals surface area contributed by atoms with Crippen molar-refractivity contribution >= 4 is 11.0 Å². The van der Waals surface area contributed by atoms with Crippen LogP contribution >= 0.6 is 0 Å². The second kappa shape index (κ2) is 3.64. The first-order valence-corrected chi connectivity index (χ1v) is 5.75. The van der Waals surface area contributed by atoms with Crippen LogP contribution in [0, 0.1) is 11.3 Å². The minimum Gasteiger partial charge on any atom is -0.327 e. The van der Waals surface area contributed by atoms with Gasteiger partial charge in [0.2, 0.25) is 0 Å². The second-order valence-corrected chi connectivity index (χ2v) is 4.41. The molecule has 0 spiro atoms. The highest BCUT2D eigenvalue weighted by Gasteiger charge is 2.18. The summed E-state index contributed by atoms with van der Waals surface area (Å²) in [5.41, 5.74) is 2.78. The number of nitriles is 1. The van der Waals surface area contributed by atoms with Crippen LogP contribution in [0.15, 0.2) is 24.5 Å². The minimum atomic E-state index is 0.609. The van der Waals surface area contributed by atoms with Crippen LogP contribution in [0.5, 0.6) is 0 Å². The second-order valence-electron chi connectivity index (χ2n) is 4.41. The molecule has 0 amide bonds. The SMILES string of the molecule is N#Cc1ccc2c(c1)ncn2C1CCCC1. The molecule has 1 aromatic carbocycles. The number of aromatic nitrogens is 2. The van der Waals surface area contributed by atoms with Gasteiger partial charge in [-0.1, -0.05) is 12.8 Å². The molecule has 1 aliphatic carbocycles. The van der Waals surface area contributed by atoms with Crippen LogP contribution in [0.2, 0.25) is 0 Å². The van der Waals surface area contributed by atoms with Crippen molar-refractivity contribution < 1.29 is 0 Å². The lowest BCUT2D eigenvalue weighted by atomic mass is 10.2. The van der Waals surface area contributed by atoms with Crippen LogP contribution in [-0.2, 0) is 0 Å². The monoisotopic (exact) mass is 211 g/mol. The van der Waals surface area contributed by atoms with Gasteiger partial charge in [-0.3, -0.25) is 0 Å². The maximum absolute atomic E-state index is 8.83. The average molecular weight is 211 g/mol. The van der Waals surface area contributed by atoms with Crippen LogP contribution < -0.4 is 0 Å². The third-order valence-corrected chi connectivity index (χ3v) is 3.42. The number of hydrogen-bond donors (Lipinski definition) is 0. The quantitative estimate of drug-likeness (QED) is 0.727. The van der Waals surface area contributed by atoms with Gasteiger partial charge >= 0.3 is 0 Å². The fourth-order valence-electron chi connectivity index (χ4n) is 2.57. The summed E-state index contributed by atoms with van der Waals surface area (Å²) in [5, 5.41) is 8.83. The van der Waals surface area contributed by atoms with Gasteiger partial charge in [-0.2, -0.15) is 5.26 Å². The molecule has 1 aliphatic rings. The van der Waals surface area contributed by atoms with Gasteiger partial charge in [-0.15, -0.1) is 0 Å². The molecule has 0 radical (unpaired) electrons. The molecular formula is C13H13N3. The molecule has 1 heterocycles. The summed E-state index contributed by atoms with van der Waals surface area (Å²) >= 11 is 0. The van der Waals surface area contributed by atoms with E-state index in [0.29, 0.717) is 11.6 Å². The summed E-state index contributed by atoms with van der Waals surface area (Å²) in [4.78, 5) is 4.38. The van der Waals surface area contributed by atoms with Crippen molar-refractivity contribution in [2.24, 2.45) is 0 Å². The predicted octanol–water partition coefficient (Wildman–Crippen LogP) is 3.02. The van der Waals surface area contributed by atoms with E-state index < -0.39 is 0 Å². The zero-order valence-electron chi connectivity index (χ0n) is 9.06. The van der Waals surface area contributed by atoms with Crippen molar-refractivity contribution in [2.45, 2.75) is 31.7 Å². The molecule has 0 N–H and O–H groups in total. The van der Waals surface area contributed by atoms with E-state index in [9.17, 15) is 0 Å². The first kappa shape index (κ1) is 9.41. The molecule has 16 heavy (non-hydrogen) atoms. The maximum atomic E-state index is 8.83. The van der Waals surface area contributed by atoms with E-state index in [2.05, 4.69) is 15.6 Å². The van der Waals surface area contributed by atoms with Crippen LogP contribution in [0.4, 0.5) is 0 Å². The largest absolute Gasteiger partial charge is 0.327 e. The summed E-state index contributed by atoms with van der Waals surface area (Å²) in [7, 11) is 0. The van der Waals surface area contributed by atoms with Gasteiger partial charge in [0.05, 0.1) is 29.0 Å². The van der Waals surface area contributed by atoms with E-state index in [1.54, 1.807) is 0 Å². The van der Waals surface area contributed by atoms with Gasteiger partial charge in [0.15, 0.2) is 0 Å². The van der Waals surface area contributed by atoms with Crippen molar-refractivity contribution in [3.05, 3.63) is 30.1 Å². The lowest BCUT2D eigenvalue weighted by molar-refractivity contribution is 0.532. The molecule has 80 valence electrons. The molecule has 0 aliphatic heterocycles. The average Bonchev–Trinajstić information content (AvgIpc) is 2.96. The summed E-state index contributed by atoms with van der Waals surface area (Å²) in [6.07, 6.45) is 7.07. The Balaban J connectivity index is 2.10. The Morgan fingerprint density at radius 1 is 1.31 bits per heavy atom. The van der Waals surface area contributed by atoms with E-state index in [4.69, 9.17) is 5.26 Å². The Hall–Kier alpha value is -1.82. The number of fused-ring (bicyclic) bond motifs is 1. The van der Waals surface area contributed by atoms with Crippen molar-refractivity contribution in [3.63, 3.8) is 0 Å². The summed E-state index contributed by atoms with van der Waals surface area (Å²) in [6, 6.07) is 8.50. The third-order valence-electron chi connectivity index (χ3n) is 3.42. The zero-order chi connectivity index (χ0) is 11.0. The molecule has 0 saturated heterocycles. The number of nitrogens with zero attached hydrogens (tertiary/aromatic N) is 3. The van der Waals surface area contributed by atoms with Crippen LogP contribution in [-0.4, -0.2) is 9.55 Å². The fraction of sp³-hybridized carbons (Fsp3) is 0.385. The third kappa shape index (κ3) is 1.38. The molecular weight excluding hydrogens is 198 g/mol. The molecule has 1 aromatic heterocycles. The summed E-state index contributed by atoms with van der Waals surface area (Å²) in [6.45, 7) is 0. The highest BCUT2D eigenvalue weighted by Crippen LogP contribution is 2.31. The van der Waals surface area contributed by atoms with Gasteiger partial charge in [0.1, 0.15) is 0 Å². The molecule has 0 unspecified atom stereocenters. The van der Waals surface area contributed by atoms with Crippen LogP contribution in [0.1, 0.15) is 37.3 Å². The van der Waals surface area contributed by atoms with E-state index in [-0.39, 0.29) is 0 Å². The maximum Gasteiger partial charge on any atom is 0.0992 e. The lowest BCUT2D eigenvalue weighted by Gasteiger charge is -2.11. The molecule has 0 bridgehead atoms. The number of imidazole rings is 1. The molecule has 3 rings (SSSR count). The first-order valence-electron chi connectivity index (χ1n) is 5.75. The van der Waals surface area contributed by atoms with Gasteiger partial charge in [0, 0.05) is 6.04 Å². The smallest absolute Gasteiger partial charge is 0.0992 e. The Morgan fingerprint density at radius 3 is 2.88 bits per heavy atom. The fourth-order valence-corrected chi connectivity index (χ4v) is 2.57. The minimum absolute atomic E-state index is 0.609. The predicted molar refractivity (Wildman–Crippen MR) is 62.0 cm³/mol. The molecule has 0 atom stereocenters. The van der Waals surface area contributed by atoms with Crippen molar-refractivity contribution in [1.29, 1.82) is 5.26 Å². The van der Waals surface area contributed by atoms with Gasteiger partial charge < -0.3 is 4.57 Å². The molecule has 2 aromatic rings. The van der Waals surface area contributed by atoms with E-state index in [1.165, 1.54) is 25.7 Å². The Labute approximate surface area is 94.3 Å². The van der Waals surface area contributed by atoms with E-state index >= 15 is 0 Å². The topological polar surface area (TPSA) is 41.6 Å². The van der Waals surface area contributed by atoms with Gasteiger partial charge in [0.25, 0.3) is 0 Å². The highest BCUT2D eigenvalue weighted by molar-refractivity contribution is 5.77. The first-order chi connectivity index (χ1) is 7.88. The van der Waals surface area contributed by atoms with Crippen molar-refractivity contribution in [2.75, 3.05) is 0 Å². The molecule has 3 nitrogen and oxygen atoms in total. The molecule has 3 heteroatoms. The lowest BCUT2D eigenvalue weighted by Crippen LogP contribution is -2.02. The normalized spacial score (nSPS) is 16.7. The Bertz CT molecular complexity index is 556. The Morgan fingerprint density at radius 2 is 2.12 bits per heavy atom.